The van der Waals surface area contributed by atoms with Crippen LogP contribution < -0.4 is 9.64 Å². The van der Waals surface area contributed by atoms with Crippen LogP contribution in [0.2, 0.25) is 0 Å². The van der Waals surface area contributed by atoms with Gasteiger partial charge in [0.1, 0.15) is 5.75 Å². The molecule has 2 saturated heterocycles. The summed E-state index contributed by atoms with van der Waals surface area (Å²) in [5.41, 5.74) is 2.16. The molecule has 7 heteroatoms. The molecule has 2 aromatic rings. The first kappa shape index (κ1) is 22.1. The summed E-state index contributed by atoms with van der Waals surface area (Å²) in [6.45, 7) is 5.39. The number of carbonyl (C=O) groups is 2. The third kappa shape index (κ3) is 4.88. The molecule has 0 spiro atoms. The average molecular weight is 438 g/mol. The van der Waals surface area contributed by atoms with Gasteiger partial charge in [-0.15, -0.1) is 0 Å². The van der Waals surface area contributed by atoms with E-state index < -0.39 is 5.97 Å². The zero-order valence-electron chi connectivity index (χ0n) is 18.8. The van der Waals surface area contributed by atoms with Crippen molar-refractivity contribution in [3.8, 4) is 5.75 Å². The number of ether oxygens (including phenoxy) is 2. The number of methoxy groups -OCH3 is 2. The first-order valence-electron chi connectivity index (χ1n) is 11.2. The number of piperazine rings is 1. The van der Waals surface area contributed by atoms with Gasteiger partial charge >= 0.3 is 5.97 Å². The quantitative estimate of drug-likeness (QED) is 0.671. The van der Waals surface area contributed by atoms with Crippen LogP contribution in [0.3, 0.4) is 0 Å². The fourth-order valence-electron chi connectivity index (χ4n) is 4.66. The van der Waals surface area contributed by atoms with Gasteiger partial charge in [0, 0.05) is 56.6 Å². The number of likely N-dealkylation sites (tertiary alicyclic amines) is 1. The van der Waals surface area contributed by atoms with Crippen LogP contribution in [-0.2, 0) is 4.74 Å². The Morgan fingerprint density at radius 1 is 0.906 bits per heavy atom. The van der Waals surface area contributed by atoms with Crippen molar-refractivity contribution in [3.05, 3.63) is 59.7 Å². The van der Waals surface area contributed by atoms with Gasteiger partial charge in [0.05, 0.1) is 19.8 Å². The number of rotatable bonds is 5. The smallest absolute Gasteiger partial charge is 0.337 e. The van der Waals surface area contributed by atoms with E-state index in [2.05, 4.69) is 21.9 Å². The minimum atomic E-state index is -0.425. The zero-order chi connectivity index (χ0) is 22.5. The van der Waals surface area contributed by atoms with Gasteiger partial charge in [0.2, 0.25) is 0 Å². The molecule has 4 rings (SSSR count). The van der Waals surface area contributed by atoms with Gasteiger partial charge < -0.3 is 19.3 Å². The number of amides is 1. The monoisotopic (exact) mass is 437 g/mol. The lowest BCUT2D eigenvalue weighted by Gasteiger charge is -2.44. The first-order valence-corrected chi connectivity index (χ1v) is 11.2. The first-order chi connectivity index (χ1) is 15.6. The van der Waals surface area contributed by atoms with Crippen molar-refractivity contribution in [2.45, 2.75) is 18.9 Å². The van der Waals surface area contributed by atoms with E-state index in [1.165, 1.54) is 12.8 Å². The molecule has 7 nitrogen and oxygen atoms in total. The fraction of sp³-hybridized carbons (Fsp3) is 0.440. The van der Waals surface area contributed by atoms with Crippen molar-refractivity contribution in [2.75, 3.05) is 58.4 Å². The molecule has 0 aromatic heterocycles. The maximum absolute atomic E-state index is 13.1. The van der Waals surface area contributed by atoms with E-state index in [9.17, 15) is 9.59 Å². The van der Waals surface area contributed by atoms with Gasteiger partial charge in [0.25, 0.3) is 5.91 Å². The fourth-order valence-corrected chi connectivity index (χ4v) is 4.66. The highest BCUT2D eigenvalue weighted by molar-refractivity contribution is 5.98. The number of nitrogens with zero attached hydrogens (tertiary/aromatic N) is 3. The second-order valence-electron chi connectivity index (χ2n) is 8.34. The predicted octanol–water partition coefficient (Wildman–Crippen LogP) is 2.91. The summed E-state index contributed by atoms with van der Waals surface area (Å²) < 4.78 is 10.0. The Balaban J connectivity index is 1.35. The highest BCUT2D eigenvalue weighted by Gasteiger charge is 2.30. The summed E-state index contributed by atoms with van der Waals surface area (Å²) >= 11 is 0. The average Bonchev–Trinajstić information content (AvgIpc) is 2.88. The van der Waals surface area contributed by atoms with E-state index in [1.54, 1.807) is 31.4 Å². The molecule has 2 aromatic carbocycles. The van der Waals surface area contributed by atoms with Crippen LogP contribution in [0.25, 0.3) is 0 Å². The molecule has 0 unspecified atom stereocenters. The summed E-state index contributed by atoms with van der Waals surface area (Å²) in [5, 5.41) is 0. The molecule has 1 atom stereocenters. The van der Waals surface area contributed by atoms with Crippen molar-refractivity contribution in [3.63, 3.8) is 0 Å². The van der Waals surface area contributed by atoms with Crippen molar-refractivity contribution in [1.82, 2.24) is 9.80 Å². The molecule has 0 saturated carbocycles. The summed E-state index contributed by atoms with van der Waals surface area (Å²) in [5.74, 6) is 0.430. The van der Waals surface area contributed by atoms with Gasteiger partial charge in [-0.3, -0.25) is 9.69 Å². The topological polar surface area (TPSA) is 62.3 Å². The third-order valence-corrected chi connectivity index (χ3v) is 6.48. The molecule has 0 radical (unpaired) electrons. The number of piperidine rings is 1. The molecule has 0 aliphatic carbocycles. The standard InChI is InChI=1S/C25H31N3O4/c1-31-23-10-8-21(9-11-23)26-13-15-27(16-14-26)22-7-4-12-28(18-22)24(29)19-5-3-6-20(17-19)25(30)32-2/h3,5-6,8-11,17,22H,4,7,12-16,18H2,1-2H3/t22-/m0/s1. The Labute approximate surface area is 189 Å². The van der Waals surface area contributed by atoms with Crippen LogP contribution in [0.15, 0.2) is 48.5 Å². The van der Waals surface area contributed by atoms with E-state index in [1.807, 2.05) is 17.0 Å². The summed E-state index contributed by atoms with van der Waals surface area (Å²) in [7, 11) is 3.03. The van der Waals surface area contributed by atoms with Crippen molar-refractivity contribution < 1.29 is 19.1 Å². The molecule has 2 heterocycles. The SMILES string of the molecule is COC(=O)c1cccc(C(=O)N2CCC[C@H](N3CCN(c4ccc(OC)cc4)CC3)C2)c1. The molecule has 1 amide bonds. The number of hydrogen-bond donors (Lipinski definition) is 0. The predicted molar refractivity (Wildman–Crippen MR) is 123 cm³/mol. The zero-order valence-corrected chi connectivity index (χ0v) is 18.8. The number of esters is 1. The second kappa shape index (κ2) is 10.0. The van der Waals surface area contributed by atoms with E-state index >= 15 is 0 Å². The van der Waals surface area contributed by atoms with Gasteiger partial charge in [-0.2, -0.15) is 0 Å². The molecule has 170 valence electrons. The van der Waals surface area contributed by atoms with Crippen LogP contribution >= 0.6 is 0 Å². The van der Waals surface area contributed by atoms with Gasteiger partial charge in [-0.1, -0.05) is 6.07 Å². The minimum Gasteiger partial charge on any atom is -0.497 e. The Hall–Kier alpha value is -3.06. The highest BCUT2D eigenvalue weighted by atomic mass is 16.5. The van der Waals surface area contributed by atoms with Crippen molar-refractivity contribution in [1.29, 1.82) is 0 Å². The van der Waals surface area contributed by atoms with Crippen molar-refractivity contribution >= 4 is 17.6 Å². The van der Waals surface area contributed by atoms with Gasteiger partial charge in [-0.25, -0.2) is 4.79 Å². The van der Waals surface area contributed by atoms with Gasteiger partial charge in [-0.05, 0) is 55.3 Å². The molecule has 2 aliphatic heterocycles. The Bertz CT molecular complexity index is 938. The molecule has 0 N–H and O–H groups in total. The third-order valence-electron chi connectivity index (χ3n) is 6.48. The van der Waals surface area contributed by atoms with E-state index in [4.69, 9.17) is 9.47 Å². The summed E-state index contributed by atoms with van der Waals surface area (Å²) in [6.07, 6.45) is 2.10. The molecular weight excluding hydrogens is 406 g/mol. The van der Waals surface area contributed by atoms with E-state index in [-0.39, 0.29) is 5.91 Å². The lowest BCUT2D eigenvalue weighted by atomic mass is 10.0. The van der Waals surface area contributed by atoms with E-state index in [0.29, 0.717) is 17.2 Å². The maximum atomic E-state index is 13.1. The van der Waals surface area contributed by atoms with Crippen LogP contribution in [-0.4, -0.2) is 81.2 Å². The number of benzene rings is 2. The molecule has 0 bridgehead atoms. The minimum absolute atomic E-state index is 0.0164. The summed E-state index contributed by atoms with van der Waals surface area (Å²) in [6, 6.07) is 15.4. The number of carbonyl (C=O) groups excluding carboxylic acids is 2. The van der Waals surface area contributed by atoms with Crippen LogP contribution in [0.5, 0.6) is 5.75 Å². The molecular formula is C25H31N3O4. The normalized spacial score (nSPS) is 19.5. The molecule has 32 heavy (non-hydrogen) atoms. The summed E-state index contributed by atoms with van der Waals surface area (Å²) in [4.78, 5) is 31.8. The number of anilines is 1. The Morgan fingerprint density at radius 2 is 1.62 bits per heavy atom. The maximum Gasteiger partial charge on any atom is 0.337 e. The largest absolute Gasteiger partial charge is 0.497 e. The molecule has 2 fully saturated rings. The number of hydrogen-bond acceptors (Lipinski definition) is 6. The molecule has 2 aliphatic rings. The van der Waals surface area contributed by atoms with Crippen molar-refractivity contribution in [2.24, 2.45) is 0 Å². The lowest BCUT2D eigenvalue weighted by Crippen LogP contribution is -2.55. The van der Waals surface area contributed by atoms with Crippen LogP contribution in [0.1, 0.15) is 33.6 Å². The van der Waals surface area contributed by atoms with E-state index in [0.717, 1.165) is 57.9 Å². The lowest BCUT2D eigenvalue weighted by molar-refractivity contribution is 0.0563. The highest BCUT2D eigenvalue weighted by Crippen LogP contribution is 2.24. The Kier molecular flexibility index (Phi) is 6.95. The second-order valence-corrected chi connectivity index (χ2v) is 8.34. The van der Waals surface area contributed by atoms with Crippen LogP contribution in [0, 0.1) is 0 Å². The van der Waals surface area contributed by atoms with Gasteiger partial charge in [0.15, 0.2) is 0 Å². The van der Waals surface area contributed by atoms with Crippen LogP contribution in [0.4, 0.5) is 5.69 Å². The Morgan fingerprint density at radius 3 is 2.31 bits per heavy atom.